The van der Waals surface area contributed by atoms with E-state index in [2.05, 4.69) is 0 Å². The molecule has 19 heavy (non-hydrogen) atoms. The van der Waals surface area contributed by atoms with Gasteiger partial charge in [-0.05, 0) is 0 Å². The predicted octanol–water partition coefficient (Wildman–Crippen LogP) is 3.36. The molecule has 0 fully saturated rings. The quantitative estimate of drug-likeness (QED) is 0.575. The van der Waals surface area contributed by atoms with Crippen LogP contribution < -0.4 is 0 Å². The molecule has 7 heteroatoms. The molecule has 0 aliphatic rings. The van der Waals surface area contributed by atoms with Crippen LogP contribution in [-0.4, -0.2) is 47.5 Å². The Hall–Kier alpha value is -0.180. The second kappa shape index (κ2) is 26.4. The molecule has 2 N–H and O–H groups in total. The summed E-state index contributed by atoms with van der Waals surface area (Å²) in [7, 11) is -1.67. The summed E-state index contributed by atoms with van der Waals surface area (Å²) < 4.78 is 16.9. The molecular formula is C12H14CaO4P2+2. The second-order valence-corrected chi connectivity index (χ2v) is 2.80. The number of rotatable bonds is 0. The van der Waals surface area contributed by atoms with E-state index < -0.39 is 17.4 Å². The van der Waals surface area contributed by atoms with Gasteiger partial charge in [0, 0.05) is 0 Å². The van der Waals surface area contributed by atoms with Crippen molar-refractivity contribution in [1.29, 1.82) is 0 Å². The molecular weight excluding hydrogens is 310 g/mol. The van der Waals surface area contributed by atoms with Crippen molar-refractivity contribution in [2.24, 2.45) is 0 Å². The van der Waals surface area contributed by atoms with E-state index >= 15 is 0 Å². The third-order valence-corrected chi connectivity index (χ3v) is 1.33. The van der Waals surface area contributed by atoms with Crippen LogP contribution in [-0.2, 0) is 9.13 Å². The van der Waals surface area contributed by atoms with Crippen LogP contribution in [0.5, 0.6) is 0 Å². The van der Waals surface area contributed by atoms with E-state index in [1.165, 1.54) is 0 Å². The molecule has 0 heterocycles. The summed E-state index contributed by atoms with van der Waals surface area (Å²) in [4.78, 5) is 14.0. The summed E-state index contributed by atoms with van der Waals surface area (Å²) in [6, 6.07) is 24.0. The van der Waals surface area contributed by atoms with Gasteiger partial charge in [-0.1, -0.05) is 72.8 Å². The fourth-order valence-corrected chi connectivity index (χ4v) is 0.770. The first-order valence-corrected chi connectivity index (χ1v) is 6.30. The molecule has 0 radical (unpaired) electrons. The standard InChI is InChI=1S/2C6H6.Ca.2HO2P/c2*1-2-4-6-5-3-1;;2*1-3-2/h2*1-6H;;2*(H,1,2)/q;;+2;;. The third-order valence-electron chi connectivity index (χ3n) is 1.33. The maximum absolute atomic E-state index is 8.46. The van der Waals surface area contributed by atoms with E-state index in [0.717, 1.165) is 0 Å². The molecule has 96 valence electrons. The van der Waals surface area contributed by atoms with Gasteiger partial charge >= 0.3 is 55.1 Å². The molecule has 0 spiro atoms. The minimum atomic E-state index is -0.833. The Kier molecular flexibility index (Phi) is 33.2. The zero-order chi connectivity index (χ0) is 13.9. The summed E-state index contributed by atoms with van der Waals surface area (Å²) in [5, 5.41) is 0. The van der Waals surface area contributed by atoms with Gasteiger partial charge < -0.3 is 9.79 Å². The van der Waals surface area contributed by atoms with Crippen LogP contribution in [0.2, 0.25) is 0 Å². The third kappa shape index (κ3) is 31.9. The van der Waals surface area contributed by atoms with Crippen LogP contribution in [0.1, 0.15) is 0 Å². The van der Waals surface area contributed by atoms with Crippen molar-refractivity contribution >= 4 is 55.1 Å². The molecule has 0 atom stereocenters. The number of hydrogen-bond donors (Lipinski definition) is 2. The monoisotopic (exact) mass is 324 g/mol. The van der Waals surface area contributed by atoms with Gasteiger partial charge in [-0.15, -0.1) is 0 Å². The minimum absolute atomic E-state index is 0. The fourth-order valence-electron chi connectivity index (χ4n) is 0.770. The van der Waals surface area contributed by atoms with Gasteiger partial charge in [0.2, 0.25) is 0 Å². The molecule has 0 aromatic heterocycles. The molecule has 0 unspecified atom stereocenters. The summed E-state index contributed by atoms with van der Waals surface area (Å²) >= 11 is 0. The summed E-state index contributed by atoms with van der Waals surface area (Å²) in [5.41, 5.74) is 0. The van der Waals surface area contributed by atoms with Crippen LogP contribution in [0.3, 0.4) is 0 Å². The normalized spacial score (nSPS) is 7.26. The molecule has 2 aromatic rings. The maximum Gasteiger partial charge on any atom is 2.00 e. The first-order valence-electron chi connectivity index (χ1n) is 4.77. The average Bonchev–Trinajstić information content (AvgIpc) is 2.45. The van der Waals surface area contributed by atoms with Crippen LogP contribution in [0.15, 0.2) is 72.8 Å². The van der Waals surface area contributed by atoms with Gasteiger partial charge in [0.25, 0.3) is 0 Å². The fraction of sp³-hybridized carbons (Fsp3) is 0. The molecule has 0 amide bonds. The Bertz CT molecular complexity index is 272. The summed E-state index contributed by atoms with van der Waals surface area (Å²) in [6.45, 7) is 0. The van der Waals surface area contributed by atoms with Crippen LogP contribution in [0.25, 0.3) is 0 Å². The Morgan fingerprint density at radius 3 is 0.579 bits per heavy atom. The van der Waals surface area contributed by atoms with Crippen LogP contribution in [0, 0.1) is 0 Å². The Labute approximate surface area is 146 Å². The van der Waals surface area contributed by atoms with Crippen molar-refractivity contribution in [2.75, 3.05) is 0 Å². The van der Waals surface area contributed by atoms with Gasteiger partial charge in [0.05, 0.1) is 0 Å². The van der Waals surface area contributed by atoms with E-state index in [4.69, 9.17) is 18.9 Å². The Balaban J connectivity index is -0.000000188. The van der Waals surface area contributed by atoms with E-state index in [0.29, 0.717) is 0 Å². The average molecular weight is 324 g/mol. The summed E-state index contributed by atoms with van der Waals surface area (Å²) in [6.07, 6.45) is 0. The zero-order valence-electron chi connectivity index (χ0n) is 10.2. The minimum Gasteiger partial charge on any atom is -0.310 e. The molecule has 0 bridgehead atoms. The molecule has 2 aromatic carbocycles. The first-order chi connectivity index (χ1) is 8.83. The van der Waals surface area contributed by atoms with Gasteiger partial charge in [-0.2, -0.15) is 0 Å². The SMILES string of the molecule is O=PO.O=PO.[Ca+2].c1ccccc1.c1ccccc1. The van der Waals surface area contributed by atoms with Crippen LogP contribution >= 0.6 is 17.4 Å². The zero-order valence-corrected chi connectivity index (χ0v) is 14.2. The predicted molar refractivity (Wildman–Crippen MR) is 78.3 cm³/mol. The number of hydrogen-bond acceptors (Lipinski definition) is 2. The van der Waals surface area contributed by atoms with Gasteiger partial charge in [-0.3, -0.25) is 0 Å². The van der Waals surface area contributed by atoms with E-state index in [1.807, 2.05) is 72.8 Å². The molecule has 2 rings (SSSR count). The van der Waals surface area contributed by atoms with Crippen molar-refractivity contribution in [3.05, 3.63) is 72.8 Å². The van der Waals surface area contributed by atoms with Crippen molar-refractivity contribution in [2.45, 2.75) is 0 Å². The second-order valence-electron chi connectivity index (χ2n) is 2.47. The topological polar surface area (TPSA) is 74.6 Å². The van der Waals surface area contributed by atoms with E-state index in [9.17, 15) is 0 Å². The molecule has 0 aliphatic heterocycles. The Morgan fingerprint density at radius 2 is 0.526 bits per heavy atom. The molecule has 4 nitrogen and oxygen atoms in total. The maximum atomic E-state index is 8.46. The Morgan fingerprint density at radius 1 is 0.474 bits per heavy atom. The largest absolute Gasteiger partial charge is 2.00 e. The van der Waals surface area contributed by atoms with E-state index in [1.54, 1.807) is 0 Å². The van der Waals surface area contributed by atoms with E-state index in [-0.39, 0.29) is 37.7 Å². The molecule has 0 aliphatic carbocycles. The molecule has 0 saturated heterocycles. The smallest absolute Gasteiger partial charge is 0.310 e. The van der Waals surface area contributed by atoms with Crippen LogP contribution in [0.4, 0.5) is 0 Å². The van der Waals surface area contributed by atoms with Gasteiger partial charge in [0.1, 0.15) is 0 Å². The molecule has 0 saturated carbocycles. The van der Waals surface area contributed by atoms with Gasteiger partial charge in [0.15, 0.2) is 0 Å². The van der Waals surface area contributed by atoms with Crippen molar-refractivity contribution < 1.29 is 18.9 Å². The van der Waals surface area contributed by atoms with Crippen molar-refractivity contribution in [1.82, 2.24) is 0 Å². The summed E-state index contributed by atoms with van der Waals surface area (Å²) in [5.74, 6) is 0. The van der Waals surface area contributed by atoms with Crippen molar-refractivity contribution in [3.63, 3.8) is 0 Å². The van der Waals surface area contributed by atoms with Crippen molar-refractivity contribution in [3.8, 4) is 0 Å². The number of benzene rings is 2. The first kappa shape index (κ1) is 23.9. The van der Waals surface area contributed by atoms with Gasteiger partial charge in [-0.25, -0.2) is 9.13 Å².